The van der Waals surface area contributed by atoms with Gasteiger partial charge in [0.15, 0.2) is 5.82 Å². The Kier molecular flexibility index (Phi) is 5.90. The van der Waals surface area contributed by atoms with E-state index in [0.29, 0.717) is 29.7 Å². The van der Waals surface area contributed by atoms with E-state index in [4.69, 9.17) is 9.26 Å². The number of carbonyl (C=O) groups excluding carboxylic acids is 1. The van der Waals surface area contributed by atoms with Gasteiger partial charge in [0.2, 0.25) is 11.8 Å². The summed E-state index contributed by atoms with van der Waals surface area (Å²) in [6, 6.07) is 7.31. The smallest absolute Gasteiger partial charge is 0.240 e. The second-order valence-corrected chi connectivity index (χ2v) is 7.86. The van der Waals surface area contributed by atoms with E-state index in [9.17, 15) is 4.79 Å². The minimum Gasteiger partial charge on any atom is -0.495 e. The number of anilines is 1. The number of piperidine rings is 1. The number of methoxy groups -OCH3 is 1. The van der Waals surface area contributed by atoms with Gasteiger partial charge in [-0.15, -0.1) is 0 Å². The number of aromatic nitrogens is 2. The van der Waals surface area contributed by atoms with Crippen LogP contribution in [0.5, 0.6) is 5.75 Å². The molecule has 0 radical (unpaired) electrons. The van der Waals surface area contributed by atoms with Crippen LogP contribution in [0.1, 0.15) is 43.8 Å². The number of carbonyl (C=O) groups is 1. The van der Waals surface area contributed by atoms with Crippen LogP contribution in [0.25, 0.3) is 0 Å². The fraction of sp³-hybridized carbons (Fsp3) is 0.571. The van der Waals surface area contributed by atoms with Crippen LogP contribution < -0.4 is 10.1 Å². The highest BCUT2D eigenvalue weighted by atomic mass is 16.5. The maximum Gasteiger partial charge on any atom is 0.240 e. The molecule has 2 heterocycles. The van der Waals surface area contributed by atoms with Crippen LogP contribution in [-0.2, 0) is 17.8 Å². The van der Waals surface area contributed by atoms with Gasteiger partial charge < -0.3 is 14.6 Å². The Bertz CT molecular complexity index is 806. The molecule has 1 N–H and O–H groups in total. The van der Waals surface area contributed by atoms with E-state index in [1.165, 1.54) is 32.1 Å². The molecule has 1 aromatic carbocycles. The maximum absolute atomic E-state index is 12.3. The highest BCUT2D eigenvalue weighted by Gasteiger charge is 2.31. The lowest BCUT2D eigenvalue weighted by Gasteiger charge is -2.40. The van der Waals surface area contributed by atoms with Gasteiger partial charge in [-0.25, -0.2) is 0 Å². The number of hydrogen-bond donors (Lipinski definition) is 1. The van der Waals surface area contributed by atoms with E-state index in [-0.39, 0.29) is 12.3 Å². The summed E-state index contributed by atoms with van der Waals surface area (Å²) in [6.45, 7) is 2.88. The molecule has 0 unspecified atom stereocenters. The zero-order valence-corrected chi connectivity index (χ0v) is 16.4. The quantitative estimate of drug-likeness (QED) is 0.823. The number of likely N-dealkylation sites (tertiary alicyclic amines) is 1. The van der Waals surface area contributed by atoms with Crippen LogP contribution in [0.2, 0.25) is 0 Å². The number of fused-ring (bicyclic) bond motifs is 1. The van der Waals surface area contributed by atoms with Gasteiger partial charge in [-0.2, -0.15) is 4.98 Å². The monoisotopic (exact) mass is 384 g/mol. The molecule has 2 fully saturated rings. The molecule has 1 aliphatic carbocycles. The van der Waals surface area contributed by atoms with Gasteiger partial charge in [0.1, 0.15) is 5.75 Å². The Labute approximate surface area is 165 Å². The SMILES string of the molecule is COc1ccccc1NC(=O)Cc1noc(CN2CC[C@H]3CCCC[C@H]3C2)n1. The number of benzene rings is 1. The van der Waals surface area contributed by atoms with Crippen molar-refractivity contribution in [2.75, 3.05) is 25.5 Å². The first-order valence-corrected chi connectivity index (χ1v) is 10.2. The van der Waals surface area contributed by atoms with Gasteiger partial charge in [0.25, 0.3) is 0 Å². The molecule has 1 aromatic heterocycles. The van der Waals surface area contributed by atoms with Crippen LogP contribution in [0.3, 0.4) is 0 Å². The molecule has 1 saturated carbocycles. The summed E-state index contributed by atoms with van der Waals surface area (Å²) in [4.78, 5) is 19.1. The predicted molar refractivity (Wildman–Crippen MR) is 105 cm³/mol. The van der Waals surface area contributed by atoms with E-state index >= 15 is 0 Å². The standard InChI is InChI=1S/C21H28N4O3/c1-27-18-9-5-4-8-17(18)22-20(26)12-19-23-21(28-24-19)14-25-11-10-15-6-2-3-7-16(15)13-25/h4-5,8-9,15-16H,2-3,6-7,10-14H2,1H3,(H,22,26)/t15-,16+/m1/s1. The normalized spacial score (nSPS) is 22.5. The Morgan fingerprint density at radius 3 is 2.93 bits per heavy atom. The summed E-state index contributed by atoms with van der Waals surface area (Å²) in [7, 11) is 1.58. The summed E-state index contributed by atoms with van der Waals surface area (Å²) >= 11 is 0. The number of amides is 1. The first-order chi connectivity index (χ1) is 13.7. The maximum atomic E-state index is 12.3. The van der Waals surface area contributed by atoms with Crippen molar-refractivity contribution in [2.45, 2.75) is 45.1 Å². The van der Waals surface area contributed by atoms with Crippen LogP contribution in [0.15, 0.2) is 28.8 Å². The molecule has 7 nitrogen and oxygen atoms in total. The molecule has 28 heavy (non-hydrogen) atoms. The molecule has 4 rings (SSSR count). The zero-order chi connectivity index (χ0) is 19.3. The second-order valence-electron chi connectivity index (χ2n) is 7.86. The molecule has 1 saturated heterocycles. The number of nitrogens with zero attached hydrogens (tertiary/aromatic N) is 3. The van der Waals surface area contributed by atoms with Crippen molar-refractivity contribution in [3.8, 4) is 5.75 Å². The number of ether oxygens (including phenoxy) is 1. The molecule has 7 heteroatoms. The van der Waals surface area contributed by atoms with Gasteiger partial charge in [0, 0.05) is 6.54 Å². The molecular formula is C21H28N4O3. The molecule has 0 spiro atoms. The van der Waals surface area contributed by atoms with Gasteiger partial charge in [-0.1, -0.05) is 36.6 Å². The molecule has 2 atom stereocenters. The first-order valence-electron chi connectivity index (χ1n) is 10.2. The molecule has 0 bridgehead atoms. The molecule has 1 amide bonds. The average molecular weight is 384 g/mol. The Morgan fingerprint density at radius 2 is 2.07 bits per heavy atom. The van der Waals surface area contributed by atoms with Crippen molar-refractivity contribution in [3.63, 3.8) is 0 Å². The minimum atomic E-state index is -0.195. The fourth-order valence-corrected chi connectivity index (χ4v) is 4.52. The lowest BCUT2D eigenvalue weighted by molar-refractivity contribution is -0.115. The third-order valence-corrected chi connectivity index (χ3v) is 5.94. The molecule has 1 aliphatic heterocycles. The Balaban J connectivity index is 1.30. The largest absolute Gasteiger partial charge is 0.495 e. The molecule has 2 aromatic rings. The van der Waals surface area contributed by atoms with E-state index in [1.54, 1.807) is 19.2 Å². The van der Waals surface area contributed by atoms with E-state index in [1.807, 2.05) is 12.1 Å². The Hall–Kier alpha value is -2.41. The summed E-state index contributed by atoms with van der Waals surface area (Å²) < 4.78 is 10.6. The van der Waals surface area contributed by atoms with Crippen molar-refractivity contribution >= 4 is 11.6 Å². The van der Waals surface area contributed by atoms with E-state index in [2.05, 4.69) is 20.4 Å². The van der Waals surface area contributed by atoms with E-state index < -0.39 is 0 Å². The Morgan fingerprint density at radius 1 is 1.25 bits per heavy atom. The van der Waals surface area contributed by atoms with Gasteiger partial charge >= 0.3 is 0 Å². The lowest BCUT2D eigenvalue weighted by atomic mass is 9.75. The molecule has 2 aliphatic rings. The van der Waals surface area contributed by atoms with Crippen LogP contribution in [0, 0.1) is 11.8 Å². The lowest BCUT2D eigenvalue weighted by Crippen LogP contribution is -2.41. The number of nitrogens with one attached hydrogen (secondary N) is 1. The predicted octanol–water partition coefficient (Wildman–Crippen LogP) is 3.27. The molecular weight excluding hydrogens is 356 g/mol. The summed E-state index contributed by atoms with van der Waals surface area (Å²) in [6.07, 6.45) is 6.84. The third kappa shape index (κ3) is 4.52. The second kappa shape index (κ2) is 8.73. The van der Waals surface area contributed by atoms with E-state index in [0.717, 1.165) is 24.9 Å². The van der Waals surface area contributed by atoms with Crippen LogP contribution >= 0.6 is 0 Å². The van der Waals surface area contributed by atoms with Crippen LogP contribution in [0.4, 0.5) is 5.69 Å². The van der Waals surface area contributed by atoms with Crippen LogP contribution in [-0.4, -0.2) is 41.1 Å². The molecule has 150 valence electrons. The summed E-state index contributed by atoms with van der Waals surface area (Å²) in [5, 5.41) is 6.82. The number of para-hydroxylation sites is 2. The van der Waals surface area contributed by atoms with Crippen molar-refractivity contribution in [1.29, 1.82) is 0 Å². The summed E-state index contributed by atoms with van der Waals surface area (Å²) in [5.41, 5.74) is 0.633. The van der Waals surface area contributed by atoms with Gasteiger partial charge in [-0.05, 0) is 43.4 Å². The fourth-order valence-electron chi connectivity index (χ4n) is 4.52. The average Bonchev–Trinajstić information content (AvgIpc) is 3.14. The summed E-state index contributed by atoms with van der Waals surface area (Å²) in [5.74, 6) is 3.15. The number of rotatable bonds is 6. The minimum absolute atomic E-state index is 0.0756. The highest BCUT2D eigenvalue weighted by Crippen LogP contribution is 2.36. The van der Waals surface area contributed by atoms with Gasteiger partial charge in [-0.3, -0.25) is 9.69 Å². The zero-order valence-electron chi connectivity index (χ0n) is 16.4. The highest BCUT2D eigenvalue weighted by molar-refractivity contribution is 5.93. The topological polar surface area (TPSA) is 80.5 Å². The third-order valence-electron chi connectivity index (χ3n) is 5.94. The first kappa shape index (κ1) is 18.9. The number of hydrogen-bond acceptors (Lipinski definition) is 6. The van der Waals surface area contributed by atoms with Gasteiger partial charge in [0.05, 0.1) is 25.8 Å². The van der Waals surface area contributed by atoms with Crippen molar-refractivity contribution < 1.29 is 14.1 Å². The van der Waals surface area contributed by atoms with Crippen molar-refractivity contribution in [1.82, 2.24) is 15.0 Å². The van der Waals surface area contributed by atoms with Crippen molar-refractivity contribution in [2.24, 2.45) is 11.8 Å². The van der Waals surface area contributed by atoms with Crippen molar-refractivity contribution in [3.05, 3.63) is 36.0 Å².